The molecule has 0 aromatic heterocycles. The van der Waals surface area contributed by atoms with Crippen LogP contribution in [0.5, 0.6) is 0 Å². The fourth-order valence-electron chi connectivity index (χ4n) is 2.56. The zero-order chi connectivity index (χ0) is 15.6. The Balaban J connectivity index is 1.91. The quantitative estimate of drug-likeness (QED) is 0.540. The number of hydrogen-bond donors (Lipinski definition) is 1. The Morgan fingerprint density at radius 3 is 2.19 bits per heavy atom. The van der Waals surface area contributed by atoms with Gasteiger partial charge in [0.15, 0.2) is 0 Å². The van der Waals surface area contributed by atoms with E-state index in [0.29, 0.717) is 12.8 Å². The highest BCUT2D eigenvalue weighted by molar-refractivity contribution is 6.07. The zero-order valence-electron chi connectivity index (χ0n) is 12.2. The molecule has 2 aliphatic rings. The summed E-state index contributed by atoms with van der Waals surface area (Å²) < 4.78 is 0. The monoisotopic (exact) mass is 293 g/mol. The molecule has 1 N–H and O–H groups in total. The van der Waals surface area contributed by atoms with Gasteiger partial charge in [0.1, 0.15) is 6.54 Å². The van der Waals surface area contributed by atoms with E-state index in [-0.39, 0.29) is 42.6 Å². The van der Waals surface area contributed by atoms with E-state index in [1.165, 1.54) is 4.90 Å². The van der Waals surface area contributed by atoms with E-state index >= 15 is 0 Å². The number of rotatable bonds is 4. The molecule has 0 spiro atoms. The lowest BCUT2D eigenvalue weighted by atomic mass is 9.85. The van der Waals surface area contributed by atoms with Crippen LogP contribution in [0.25, 0.3) is 0 Å². The van der Waals surface area contributed by atoms with Gasteiger partial charge >= 0.3 is 0 Å². The molecule has 1 saturated heterocycles. The van der Waals surface area contributed by atoms with Crippen LogP contribution in [0.15, 0.2) is 12.2 Å². The van der Waals surface area contributed by atoms with Crippen LogP contribution in [-0.2, 0) is 19.2 Å². The molecule has 0 radical (unpaired) electrons. The normalized spacial score (nSPS) is 24.0. The van der Waals surface area contributed by atoms with Crippen molar-refractivity contribution in [2.75, 3.05) is 27.2 Å². The van der Waals surface area contributed by atoms with Crippen molar-refractivity contribution in [2.45, 2.75) is 12.8 Å². The average molecular weight is 293 g/mol. The van der Waals surface area contributed by atoms with Crippen LogP contribution in [-0.4, -0.2) is 60.6 Å². The molecule has 114 valence electrons. The van der Waals surface area contributed by atoms with Crippen molar-refractivity contribution in [3.63, 3.8) is 0 Å². The van der Waals surface area contributed by atoms with Gasteiger partial charge in [-0.1, -0.05) is 12.2 Å². The van der Waals surface area contributed by atoms with E-state index in [2.05, 4.69) is 5.32 Å². The molecule has 0 aromatic carbocycles. The van der Waals surface area contributed by atoms with Crippen LogP contribution in [0, 0.1) is 11.8 Å². The molecule has 1 aliphatic heterocycles. The largest absolute Gasteiger partial charge is 0.347 e. The van der Waals surface area contributed by atoms with Crippen molar-refractivity contribution in [1.82, 2.24) is 15.1 Å². The number of likely N-dealkylation sites (N-methyl/N-ethyl adjacent to an activating group) is 1. The summed E-state index contributed by atoms with van der Waals surface area (Å²) in [6.07, 6.45) is 4.89. The van der Waals surface area contributed by atoms with Gasteiger partial charge in [0.25, 0.3) is 0 Å². The topological polar surface area (TPSA) is 86.8 Å². The maximum atomic E-state index is 12.1. The van der Waals surface area contributed by atoms with Crippen LogP contribution >= 0.6 is 0 Å². The summed E-state index contributed by atoms with van der Waals surface area (Å²) >= 11 is 0. The van der Waals surface area contributed by atoms with Crippen molar-refractivity contribution in [3.05, 3.63) is 12.2 Å². The fraction of sp³-hybridized carbons (Fsp3) is 0.571. The number of carbonyl (C=O) groups excluding carboxylic acids is 4. The third-order valence-corrected chi connectivity index (χ3v) is 3.84. The van der Waals surface area contributed by atoms with Gasteiger partial charge in [-0.3, -0.25) is 24.1 Å². The predicted octanol–water partition coefficient (Wildman–Crippen LogP) is -0.858. The van der Waals surface area contributed by atoms with E-state index in [4.69, 9.17) is 0 Å². The second-order valence-corrected chi connectivity index (χ2v) is 5.48. The predicted molar refractivity (Wildman–Crippen MR) is 73.8 cm³/mol. The van der Waals surface area contributed by atoms with Crippen LogP contribution in [0.3, 0.4) is 0 Å². The highest BCUT2D eigenvalue weighted by Gasteiger charge is 2.47. The summed E-state index contributed by atoms with van der Waals surface area (Å²) in [6.45, 7) is -0.457. The summed E-state index contributed by atoms with van der Waals surface area (Å²) in [5.41, 5.74) is 0. The maximum Gasteiger partial charge on any atom is 0.241 e. The standard InChI is InChI=1S/C14H19N3O4/c1-16(2)12(19)7-15-11(18)8-17-13(20)9-5-3-4-6-10(9)14(17)21/h3-4,9-10H,5-8H2,1-2H3,(H,15,18)/t9-,10-/m0/s1. The van der Waals surface area contributed by atoms with Crippen molar-refractivity contribution in [3.8, 4) is 0 Å². The Hall–Kier alpha value is -2.18. The molecule has 4 amide bonds. The van der Waals surface area contributed by atoms with Gasteiger partial charge < -0.3 is 10.2 Å². The summed E-state index contributed by atoms with van der Waals surface area (Å²) in [7, 11) is 3.17. The second kappa shape index (κ2) is 6.07. The molecule has 7 nitrogen and oxygen atoms in total. The van der Waals surface area contributed by atoms with Gasteiger partial charge in [0, 0.05) is 14.1 Å². The summed E-state index contributed by atoms with van der Waals surface area (Å²) in [5.74, 6) is -2.00. The first-order valence-electron chi connectivity index (χ1n) is 6.89. The molecule has 0 bridgehead atoms. The second-order valence-electron chi connectivity index (χ2n) is 5.48. The number of fused-ring (bicyclic) bond motifs is 1. The lowest BCUT2D eigenvalue weighted by Gasteiger charge is -2.15. The van der Waals surface area contributed by atoms with Crippen molar-refractivity contribution in [2.24, 2.45) is 11.8 Å². The molecule has 0 unspecified atom stereocenters. The number of carbonyl (C=O) groups is 4. The summed E-state index contributed by atoms with van der Waals surface area (Å²) in [6, 6.07) is 0. The molecule has 21 heavy (non-hydrogen) atoms. The van der Waals surface area contributed by atoms with Gasteiger partial charge in [-0.25, -0.2) is 0 Å². The average Bonchev–Trinajstić information content (AvgIpc) is 2.70. The lowest BCUT2D eigenvalue weighted by Crippen LogP contribution is -2.44. The highest BCUT2D eigenvalue weighted by Crippen LogP contribution is 2.34. The molecule has 1 fully saturated rings. The molecule has 0 aromatic rings. The molecule has 1 heterocycles. The first kappa shape index (κ1) is 15.2. The SMILES string of the molecule is CN(C)C(=O)CNC(=O)CN1C(=O)[C@H]2CC=CC[C@@H]2C1=O. The minimum absolute atomic E-state index is 0.142. The van der Waals surface area contributed by atoms with Gasteiger partial charge in [0.2, 0.25) is 23.6 Å². The third kappa shape index (κ3) is 3.12. The Bertz CT molecular complexity index is 486. The Kier molecular flexibility index (Phi) is 4.40. The lowest BCUT2D eigenvalue weighted by molar-refractivity contribution is -0.143. The summed E-state index contributed by atoms with van der Waals surface area (Å²) in [5, 5.41) is 2.42. The minimum Gasteiger partial charge on any atom is -0.347 e. The molecule has 2 rings (SSSR count). The number of likely N-dealkylation sites (tertiary alicyclic amines) is 1. The smallest absolute Gasteiger partial charge is 0.241 e. The van der Waals surface area contributed by atoms with Crippen LogP contribution < -0.4 is 5.32 Å². The van der Waals surface area contributed by atoms with Gasteiger partial charge in [-0.2, -0.15) is 0 Å². The fourth-order valence-corrected chi connectivity index (χ4v) is 2.56. The highest BCUT2D eigenvalue weighted by atomic mass is 16.2. The number of nitrogens with zero attached hydrogens (tertiary/aromatic N) is 2. The van der Waals surface area contributed by atoms with Crippen molar-refractivity contribution >= 4 is 23.6 Å². The van der Waals surface area contributed by atoms with Crippen LogP contribution in [0.2, 0.25) is 0 Å². The zero-order valence-corrected chi connectivity index (χ0v) is 12.2. The number of allylic oxidation sites excluding steroid dienone is 2. The number of amides is 4. The van der Waals surface area contributed by atoms with E-state index in [1.807, 2.05) is 12.2 Å². The van der Waals surface area contributed by atoms with Gasteiger partial charge in [-0.15, -0.1) is 0 Å². The molecular weight excluding hydrogens is 274 g/mol. The number of hydrogen-bond acceptors (Lipinski definition) is 4. The van der Waals surface area contributed by atoms with E-state index < -0.39 is 5.91 Å². The Morgan fingerprint density at radius 1 is 1.19 bits per heavy atom. The number of nitrogens with one attached hydrogen (secondary N) is 1. The Morgan fingerprint density at radius 2 is 1.71 bits per heavy atom. The van der Waals surface area contributed by atoms with Crippen molar-refractivity contribution < 1.29 is 19.2 Å². The van der Waals surface area contributed by atoms with E-state index in [1.54, 1.807) is 14.1 Å². The molecule has 2 atom stereocenters. The molecule has 1 aliphatic carbocycles. The maximum absolute atomic E-state index is 12.1. The molecule has 7 heteroatoms. The first-order chi connectivity index (χ1) is 9.91. The molecular formula is C14H19N3O4. The third-order valence-electron chi connectivity index (χ3n) is 3.84. The van der Waals surface area contributed by atoms with Crippen molar-refractivity contribution in [1.29, 1.82) is 0 Å². The Labute approximate surface area is 122 Å². The van der Waals surface area contributed by atoms with E-state index in [9.17, 15) is 19.2 Å². The summed E-state index contributed by atoms with van der Waals surface area (Å²) in [4.78, 5) is 49.8. The minimum atomic E-state index is -0.501. The van der Waals surface area contributed by atoms with Crippen LogP contribution in [0.1, 0.15) is 12.8 Å². The van der Waals surface area contributed by atoms with Crippen LogP contribution in [0.4, 0.5) is 0 Å². The van der Waals surface area contributed by atoms with E-state index in [0.717, 1.165) is 4.90 Å². The van der Waals surface area contributed by atoms with Gasteiger partial charge in [0.05, 0.1) is 18.4 Å². The number of imide groups is 1. The van der Waals surface area contributed by atoms with Gasteiger partial charge in [-0.05, 0) is 12.8 Å². The molecule has 0 saturated carbocycles. The first-order valence-corrected chi connectivity index (χ1v) is 6.89.